The molecule has 16 heavy (non-hydrogen) atoms. The van der Waals surface area contributed by atoms with Crippen molar-refractivity contribution in [3.63, 3.8) is 0 Å². The lowest BCUT2D eigenvalue weighted by atomic mass is 9.77. The maximum absolute atomic E-state index is 11.4. The number of aliphatic hydroxyl groups is 1. The molecule has 0 saturated heterocycles. The van der Waals surface area contributed by atoms with Crippen LogP contribution in [-0.2, 0) is 9.53 Å². The van der Waals surface area contributed by atoms with Gasteiger partial charge in [0, 0.05) is 0 Å². The van der Waals surface area contributed by atoms with Crippen LogP contribution < -0.4 is 0 Å². The van der Waals surface area contributed by atoms with Crippen molar-refractivity contribution in [1.82, 2.24) is 0 Å². The second-order valence-electron chi connectivity index (χ2n) is 4.96. The van der Waals surface area contributed by atoms with Gasteiger partial charge in [-0.3, -0.25) is 0 Å². The summed E-state index contributed by atoms with van der Waals surface area (Å²) >= 11 is 0. The summed E-state index contributed by atoms with van der Waals surface area (Å²) in [5, 5.41) is 10.1. The highest BCUT2D eigenvalue weighted by atomic mass is 16.5. The smallest absolute Gasteiger partial charge is 0.337 e. The molecule has 1 fully saturated rings. The van der Waals surface area contributed by atoms with E-state index in [1.54, 1.807) is 0 Å². The van der Waals surface area contributed by atoms with Crippen molar-refractivity contribution >= 4 is 5.97 Å². The molecular weight excluding hydrogens is 204 g/mol. The van der Waals surface area contributed by atoms with Gasteiger partial charge in [0.05, 0.1) is 7.11 Å². The van der Waals surface area contributed by atoms with E-state index in [-0.39, 0.29) is 0 Å². The summed E-state index contributed by atoms with van der Waals surface area (Å²) in [7, 11) is 1.34. The Morgan fingerprint density at radius 1 is 1.38 bits per heavy atom. The first-order valence-corrected chi connectivity index (χ1v) is 6.43. The highest BCUT2D eigenvalue weighted by molar-refractivity contribution is 5.79. The van der Waals surface area contributed by atoms with Gasteiger partial charge in [-0.05, 0) is 31.6 Å². The minimum Gasteiger partial charge on any atom is -0.467 e. The van der Waals surface area contributed by atoms with Gasteiger partial charge in [-0.25, -0.2) is 4.79 Å². The van der Waals surface area contributed by atoms with E-state index in [4.69, 9.17) is 0 Å². The zero-order chi connectivity index (χ0) is 12.0. The highest BCUT2D eigenvalue weighted by Gasteiger charge is 2.40. The van der Waals surface area contributed by atoms with E-state index < -0.39 is 11.6 Å². The zero-order valence-corrected chi connectivity index (χ0v) is 10.5. The van der Waals surface area contributed by atoms with Crippen LogP contribution in [0.4, 0.5) is 0 Å². The molecule has 0 unspecified atom stereocenters. The van der Waals surface area contributed by atoms with Crippen molar-refractivity contribution in [2.75, 3.05) is 7.11 Å². The first kappa shape index (κ1) is 13.5. The van der Waals surface area contributed by atoms with Crippen LogP contribution in [-0.4, -0.2) is 23.8 Å². The molecule has 1 rings (SSSR count). The Kier molecular flexibility index (Phi) is 5.26. The minimum atomic E-state index is -1.20. The molecule has 3 heteroatoms. The van der Waals surface area contributed by atoms with Gasteiger partial charge in [0.1, 0.15) is 0 Å². The quantitative estimate of drug-likeness (QED) is 0.581. The molecule has 0 aromatic heterocycles. The molecule has 0 heterocycles. The minimum absolute atomic E-state index is 0.459. The van der Waals surface area contributed by atoms with Crippen LogP contribution in [0.5, 0.6) is 0 Å². The average Bonchev–Trinajstić information content (AvgIpc) is 2.31. The molecule has 0 atom stereocenters. The van der Waals surface area contributed by atoms with E-state index in [9.17, 15) is 9.90 Å². The first-order valence-electron chi connectivity index (χ1n) is 6.43. The number of hydrogen-bond donors (Lipinski definition) is 1. The number of ether oxygens (including phenoxy) is 1. The summed E-state index contributed by atoms with van der Waals surface area (Å²) in [5.41, 5.74) is -1.20. The molecule has 0 radical (unpaired) electrons. The fourth-order valence-corrected chi connectivity index (χ4v) is 2.52. The van der Waals surface area contributed by atoms with E-state index in [0.717, 1.165) is 12.8 Å². The Hall–Kier alpha value is -0.570. The fourth-order valence-electron chi connectivity index (χ4n) is 2.52. The van der Waals surface area contributed by atoms with Crippen LogP contribution >= 0.6 is 0 Å². The van der Waals surface area contributed by atoms with Gasteiger partial charge in [0.2, 0.25) is 0 Å². The van der Waals surface area contributed by atoms with E-state index >= 15 is 0 Å². The van der Waals surface area contributed by atoms with Crippen LogP contribution in [0.2, 0.25) is 0 Å². The Morgan fingerprint density at radius 3 is 2.50 bits per heavy atom. The molecular formula is C13H24O3. The normalized spacial score (nSPS) is 30.1. The zero-order valence-electron chi connectivity index (χ0n) is 10.5. The van der Waals surface area contributed by atoms with Crippen LogP contribution in [0.15, 0.2) is 0 Å². The SMILES string of the molecule is CCCCCC1CCC(O)(C(=O)OC)CC1. The maximum atomic E-state index is 11.4. The monoisotopic (exact) mass is 228 g/mol. The largest absolute Gasteiger partial charge is 0.467 e. The molecule has 0 spiro atoms. The van der Waals surface area contributed by atoms with E-state index in [1.807, 2.05) is 0 Å². The number of methoxy groups -OCH3 is 1. The van der Waals surface area contributed by atoms with Crippen molar-refractivity contribution in [3.8, 4) is 0 Å². The summed E-state index contributed by atoms with van der Waals surface area (Å²) in [6.45, 7) is 2.21. The lowest BCUT2D eigenvalue weighted by Crippen LogP contribution is -2.42. The third kappa shape index (κ3) is 3.48. The van der Waals surface area contributed by atoms with Gasteiger partial charge in [-0.1, -0.05) is 32.6 Å². The molecule has 1 N–H and O–H groups in total. The summed E-state index contributed by atoms with van der Waals surface area (Å²) in [6, 6.07) is 0. The van der Waals surface area contributed by atoms with Crippen LogP contribution in [0.3, 0.4) is 0 Å². The van der Waals surface area contributed by atoms with Crippen molar-refractivity contribution in [2.45, 2.75) is 63.9 Å². The van der Waals surface area contributed by atoms with Gasteiger partial charge in [0.15, 0.2) is 5.60 Å². The topological polar surface area (TPSA) is 46.5 Å². The standard InChI is InChI=1S/C13H24O3/c1-3-4-5-6-11-7-9-13(15,10-8-11)12(14)16-2/h11,15H,3-10H2,1-2H3. The van der Waals surface area contributed by atoms with Crippen molar-refractivity contribution < 1.29 is 14.6 Å². The summed E-state index contributed by atoms with van der Waals surface area (Å²) in [6.07, 6.45) is 8.09. The second-order valence-corrected chi connectivity index (χ2v) is 4.96. The van der Waals surface area contributed by atoms with E-state index in [0.29, 0.717) is 18.8 Å². The number of rotatable bonds is 5. The molecule has 3 nitrogen and oxygen atoms in total. The second kappa shape index (κ2) is 6.24. The summed E-state index contributed by atoms with van der Waals surface area (Å²) in [4.78, 5) is 11.4. The Labute approximate surface area is 98.2 Å². The molecule has 1 aliphatic rings. The van der Waals surface area contributed by atoms with Crippen molar-refractivity contribution in [1.29, 1.82) is 0 Å². The third-order valence-electron chi connectivity index (χ3n) is 3.71. The van der Waals surface area contributed by atoms with Gasteiger partial charge in [-0.15, -0.1) is 0 Å². The summed E-state index contributed by atoms with van der Waals surface area (Å²) < 4.78 is 4.64. The van der Waals surface area contributed by atoms with Crippen molar-refractivity contribution in [3.05, 3.63) is 0 Å². The van der Waals surface area contributed by atoms with Gasteiger partial charge in [-0.2, -0.15) is 0 Å². The lowest BCUT2D eigenvalue weighted by Gasteiger charge is -2.33. The predicted molar refractivity (Wildman–Crippen MR) is 63.1 cm³/mol. The molecule has 0 bridgehead atoms. The fraction of sp³-hybridized carbons (Fsp3) is 0.923. The average molecular weight is 228 g/mol. The van der Waals surface area contributed by atoms with Crippen molar-refractivity contribution in [2.24, 2.45) is 5.92 Å². The van der Waals surface area contributed by atoms with Crippen LogP contribution in [0, 0.1) is 5.92 Å². The van der Waals surface area contributed by atoms with Crippen LogP contribution in [0.25, 0.3) is 0 Å². The molecule has 94 valence electrons. The number of hydrogen-bond acceptors (Lipinski definition) is 3. The Morgan fingerprint density at radius 2 is 2.00 bits per heavy atom. The number of esters is 1. The molecule has 0 amide bonds. The Balaban J connectivity index is 2.30. The molecule has 1 aliphatic carbocycles. The van der Waals surface area contributed by atoms with E-state index in [1.165, 1.54) is 32.8 Å². The summed E-state index contributed by atoms with van der Waals surface area (Å²) in [5.74, 6) is 0.232. The molecule has 0 aromatic carbocycles. The maximum Gasteiger partial charge on any atom is 0.337 e. The first-order chi connectivity index (χ1) is 7.62. The molecule has 0 aliphatic heterocycles. The number of unbranched alkanes of at least 4 members (excludes halogenated alkanes) is 2. The Bertz CT molecular complexity index is 217. The highest BCUT2D eigenvalue weighted by Crippen LogP contribution is 2.35. The molecule has 0 aromatic rings. The lowest BCUT2D eigenvalue weighted by molar-refractivity contribution is -0.166. The van der Waals surface area contributed by atoms with Gasteiger partial charge >= 0.3 is 5.97 Å². The van der Waals surface area contributed by atoms with E-state index in [2.05, 4.69) is 11.7 Å². The predicted octanol–water partition coefficient (Wildman–Crippen LogP) is 2.66. The third-order valence-corrected chi connectivity index (χ3v) is 3.71. The number of carbonyl (C=O) groups excluding carboxylic acids is 1. The van der Waals surface area contributed by atoms with Crippen LogP contribution in [0.1, 0.15) is 58.3 Å². The van der Waals surface area contributed by atoms with Gasteiger partial charge in [0.25, 0.3) is 0 Å². The van der Waals surface area contributed by atoms with Gasteiger partial charge < -0.3 is 9.84 Å². The number of carbonyl (C=O) groups is 1. The molecule has 1 saturated carbocycles.